The number of aromatic amines is 1. The molecule has 1 saturated heterocycles. The molecule has 3 aromatic rings. The van der Waals surface area contributed by atoms with Crippen LogP contribution in [0.3, 0.4) is 0 Å². The number of hydrogen-bond donors (Lipinski definition) is 4. The molecule has 0 atom stereocenters. The van der Waals surface area contributed by atoms with Gasteiger partial charge in [0.15, 0.2) is 0 Å². The largest absolute Gasteiger partial charge is 0.506 e. The van der Waals surface area contributed by atoms with Gasteiger partial charge in [0.2, 0.25) is 0 Å². The van der Waals surface area contributed by atoms with Crippen molar-refractivity contribution in [3.63, 3.8) is 0 Å². The van der Waals surface area contributed by atoms with Crippen LogP contribution < -0.4 is 25.2 Å². The third kappa shape index (κ3) is 5.83. The first kappa shape index (κ1) is 28.3. The Morgan fingerprint density at radius 2 is 1.60 bits per heavy atom. The molecular weight excluding hydrogens is 516 g/mol. The molecule has 212 valence electrons. The van der Waals surface area contributed by atoms with Gasteiger partial charge in [0, 0.05) is 43.2 Å². The highest BCUT2D eigenvalue weighted by Gasteiger charge is 2.31. The Balaban J connectivity index is 1.64. The number of aromatic nitrogens is 1. The van der Waals surface area contributed by atoms with Crippen molar-refractivity contribution in [3.8, 4) is 28.4 Å². The Morgan fingerprint density at radius 1 is 0.975 bits per heavy atom. The van der Waals surface area contributed by atoms with Gasteiger partial charge in [-0.3, -0.25) is 14.9 Å². The van der Waals surface area contributed by atoms with Gasteiger partial charge in [-0.15, -0.1) is 0 Å². The number of hydrogen-bond acceptors (Lipinski definition) is 7. The van der Waals surface area contributed by atoms with E-state index in [0.29, 0.717) is 66.6 Å². The second-order valence-electron chi connectivity index (χ2n) is 9.43. The number of unbranched alkanes of at least 4 members (excludes halogenated alkanes) is 1. The molecule has 4 rings (SSSR count). The van der Waals surface area contributed by atoms with Crippen LogP contribution in [0.5, 0.6) is 17.2 Å². The predicted molar refractivity (Wildman–Crippen MR) is 152 cm³/mol. The minimum Gasteiger partial charge on any atom is -0.506 e. The van der Waals surface area contributed by atoms with E-state index in [1.807, 2.05) is 6.92 Å². The van der Waals surface area contributed by atoms with E-state index in [2.05, 4.69) is 15.2 Å². The van der Waals surface area contributed by atoms with Crippen LogP contribution in [-0.4, -0.2) is 72.5 Å². The highest BCUT2D eigenvalue weighted by Crippen LogP contribution is 2.44. The zero-order valence-corrected chi connectivity index (χ0v) is 22.8. The lowest BCUT2D eigenvalue weighted by molar-refractivity contribution is 0.0741. The number of amides is 2. The lowest BCUT2D eigenvalue weighted by atomic mass is 9.95. The van der Waals surface area contributed by atoms with Gasteiger partial charge in [-0.05, 0) is 49.2 Å². The lowest BCUT2D eigenvalue weighted by Gasteiger charge is -2.36. The van der Waals surface area contributed by atoms with E-state index in [0.717, 1.165) is 18.5 Å². The number of methoxy groups -OCH3 is 2. The summed E-state index contributed by atoms with van der Waals surface area (Å²) in [7, 11) is 3.02. The summed E-state index contributed by atoms with van der Waals surface area (Å²) in [5.74, 6) is -0.0739. The third-order valence-corrected chi connectivity index (χ3v) is 6.99. The molecule has 0 radical (unpaired) electrons. The van der Waals surface area contributed by atoms with Crippen molar-refractivity contribution in [3.05, 3.63) is 64.1 Å². The van der Waals surface area contributed by atoms with E-state index in [1.54, 1.807) is 47.4 Å². The molecule has 0 saturated carbocycles. The Labute approximate surface area is 232 Å². The van der Waals surface area contributed by atoms with E-state index < -0.39 is 23.3 Å². The molecule has 2 aromatic carbocycles. The zero-order valence-electron chi connectivity index (χ0n) is 22.8. The van der Waals surface area contributed by atoms with Gasteiger partial charge in [-0.1, -0.05) is 19.4 Å². The molecule has 0 bridgehead atoms. The lowest BCUT2D eigenvalue weighted by Crippen LogP contribution is -2.49. The summed E-state index contributed by atoms with van der Waals surface area (Å²) in [6.45, 7) is 3.69. The monoisotopic (exact) mass is 550 g/mol. The maximum Gasteiger partial charge on any atom is 0.409 e. The summed E-state index contributed by atoms with van der Waals surface area (Å²) in [6, 6.07) is 12.2. The number of H-pyrrole nitrogens is 1. The Bertz CT molecular complexity index is 1410. The quantitative estimate of drug-likeness (QED) is 0.311. The van der Waals surface area contributed by atoms with Crippen LogP contribution in [0.15, 0.2) is 47.3 Å². The molecule has 1 aromatic heterocycles. The molecule has 1 fully saturated rings. The Hall–Kier alpha value is -4.67. The molecule has 1 aliphatic heterocycles. The van der Waals surface area contributed by atoms with Crippen molar-refractivity contribution in [1.29, 1.82) is 0 Å². The maximum atomic E-state index is 13.7. The number of piperazine rings is 1. The normalized spacial score (nSPS) is 13.2. The highest BCUT2D eigenvalue weighted by atomic mass is 16.5. The number of anilines is 2. The third-order valence-electron chi connectivity index (χ3n) is 6.99. The summed E-state index contributed by atoms with van der Waals surface area (Å²) >= 11 is 0. The minimum absolute atomic E-state index is 0.319. The van der Waals surface area contributed by atoms with Gasteiger partial charge < -0.3 is 34.5 Å². The van der Waals surface area contributed by atoms with Crippen LogP contribution in [0.1, 0.15) is 35.8 Å². The molecule has 1 aliphatic rings. The van der Waals surface area contributed by atoms with Crippen LogP contribution in [0.4, 0.5) is 16.2 Å². The van der Waals surface area contributed by atoms with E-state index in [1.165, 1.54) is 14.2 Å². The second-order valence-corrected chi connectivity index (χ2v) is 9.43. The first-order chi connectivity index (χ1) is 19.3. The number of aromatic hydroxyl groups is 1. The van der Waals surface area contributed by atoms with Crippen LogP contribution in [0, 0.1) is 0 Å². The summed E-state index contributed by atoms with van der Waals surface area (Å²) < 4.78 is 11.1. The molecule has 0 spiro atoms. The van der Waals surface area contributed by atoms with Crippen molar-refractivity contribution in [2.24, 2.45) is 0 Å². The van der Waals surface area contributed by atoms with Crippen molar-refractivity contribution < 1.29 is 29.3 Å². The van der Waals surface area contributed by atoms with Crippen molar-refractivity contribution in [2.45, 2.75) is 26.2 Å². The van der Waals surface area contributed by atoms with E-state index in [-0.39, 0.29) is 5.56 Å². The van der Waals surface area contributed by atoms with E-state index >= 15 is 0 Å². The highest BCUT2D eigenvalue weighted by molar-refractivity contribution is 6.00. The fourth-order valence-corrected chi connectivity index (χ4v) is 4.95. The number of ether oxygens (including phenoxy) is 2. The molecule has 4 N–H and O–H groups in total. The molecule has 11 heteroatoms. The van der Waals surface area contributed by atoms with Gasteiger partial charge in [0.1, 0.15) is 22.8 Å². The number of carboxylic acid groups (broad SMARTS) is 1. The first-order valence-corrected chi connectivity index (χ1v) is 13.1. The zero-order chi connectivity index (χ0) is 28.8. The van der Waals surface area contributed by atoms with Gasteiger partial charge in [-0.25, -0.2) is 4.79 Å². The molecule has 0 aliphatic carbocycles. The van der Waals surface area contributed by atoms with Crippen molar-refractivity contribution in [1.82, 2.24) is 9.88 Å². The SMILES string of the molecule is CCCCc1[nH]c(=O)c(C(=O)N2CCN(c3ccc(NC(=O)O)cc3)CC2)c(O)c1-c1c(OC)cccc1OC. The van der Waals surface area contributed by atoms with Gasteiger partial charge >= 0.3 is 6.09 Å². The summed E-state index contributed by atoms with van der Waals surface area (Å²) in [5, 5.41) is 22.7. The van der Waals surface area contributed by atoms with E-state index in [4.69, 9.17) is 14.6 Å². The number of carbonyl (C=O) groups excluding carboxylic acids is 1. The number of aryl methyl sites for hydroxylation is 1. The summed E-state index contributed by atoms with van der Waals surface area (Å²) in [4.78, 5) is 44.2. The number of rotatable bonds is 9. The smallest absolute Gasteiger partial charge is 0.409 e. The number of nitrogens with zero attached hydrogens (tertiary/aromatic N) is 2. The van der Waals surface area contributed by atoms with Crippen molar-refractivity contribution >= 4 is 23.4 Å². The first-order valence-electron chi connectivity index (χ1n) is 13.1. The van der Waals surface area contributed by atoms with Gasteiger partial charge in [0.05, 0.1) is 25.3 Å². The average molecular weight is 551 g/mol. The molecule has 2 heterocycles. The molecule has 40 heavy (non-hydrogen) atoms. The summed E-state index contributed by atoms with van der Waals surface area (Å²) in [5.41, 5.74) is 1.68. The van der Waals surface area contributed by atoms with Crippen molar-refractivity contribution in [2.75, 3.05) is 50.6 Å². The minimum atomic E-state index is -1.14. The molecule has 2 amide bonds. The van der Waals surface area contributed by atoms with Gasteiger partial charge in [0.25, 0.3) is 11.5 Å². The number of benzene rings is 2. The fourth-order valence-electron chi connectivity index (χ4n) is 4.95. The molecule has 11 nitrogen and oxygen atoms in total. The molecular formula is C29H34N4O7. The number of nitrogens with one attached hydrogen (secondary N) is 2. The fraction of sp³-hybridized carbons (Fsp3) is 0.345. The maximum absolute atomic E-state index is 13.7. The average Bonchev–Trinajstić information content (AvgIpc) is 2.95. The predicted octanol–water partition coefficient (Wildman–Crippen LogP) is 4.16. The number of carbonyl (C=O) groups is 2. The number of pyridine rings is 1. The second kappa shape index (κ2) is 12.5. The standard InChI is InChI=1S/C29H34N4O7/c1-4-5-7-20-23(24-21(39-2)8-6-9-22(24)40-3)26(34)25(27(35)31-20)28(36)33-16-14-32(15-17-33)19-12-10-18(11-13-19)30-29(37)38/h6,8-13,30H,4-5,7,14-17H2,1-3H3,(H,37,38)(H2,31,34,35). The van der Waals surface area contributed by atoms with Crippen LogP contribution >= 0.6 is 0 Å². The molecule has 0 unspecified atom stereocenters. The van der Waals surface area contributed by atoms with Crippen LogP contribution in [0.25, 0.3) is 11.1 Å². The van der Waals surface area contributed by atoms with E-state index in [9.17, 15) is 19.5 Å². The van der Waals surface area contributed by atoms with Gasteiger partial charge in [-0.2, -0.15) is 0 Å². The Kier molecular flexibility index (Phi) is 8.83. The van der Waals surface area contributed by atoms with Crippen LogP contribution in [0.2, 0.25) is 0 Å². The Morgan fingerprint density at radius 3 is 2.15 bits per heavy atom. The van der Waals surface area contributed by atoms with Crippen LogP contribution in [-0.2, 0) is 6.42 Å². The topological polar surface area (TPSA) is 144 Å². The summed E-state index contributed by atoms with van der Waals surface area (Å²) in [6.07, 6.45) is 0.991.